The SMILES string of the molecule is CS(=O)(=O)CCNC(=O)c1cccc(S(=O)(=O)N[C@@H]2CCOC2)c1. The number of hydrogen-bond donors (Lipinski definition) is 2. The summed E-state index contributed by atoms with van der Waals surface area (Å²) in [7, 11) is -6.93. The Morgan fingerprint density at radius 1 is 1.29 bits per heavy atom. The number of rotatable bonds is 7. The second-order valence-electron chi connectivity index (χ2n) is 5.60. The van der Waals surface area contributed by atoms with Crippen molar-refractivity contribution >= 4 is 25.8 Å². The number of carbonyl (C=O) groups is 1. The van der Waals surface area contributed by atoms with Gasteiger partial charge in [0.1, 0.15) is 9.84 Å². The molecule has 2 rings (SSSR count). The van der Waals surface area contributed by atoms with Gasteiger partial charge in [0.25, 0.3) is 5.91 Å². The molecule has 2 N–H and O–H groups in total. The van der Waals surface area contributed by atoms with Gasteiger partial charge in [0, 0.05) is 31.0 Å². The van der Waals surface area contributed by atoms with E-state index >= 15 is 0 Å². The van der Waals surface area contributed by atoms with E-state index in [0.29, 0.717) is 19.6 Å². The third-order valence-corrected chi connectivity index (χ3v) is 5.88. The van der Waals surface area contributed by atoms with Crippen LogP contribution >= 0.6 is 0 Å². The molecule has 8 nitrogen and oxygen atoms in total. The van der Waals surface area contributed by atoms with Crippen LogP contribution in [0, 0.1) is 0 Å². The molecule has 1 heterocycles. The number of carbonyl (C=O) groups excluding carboxylic acids is 1. The Labute approximate surface area is 141 Å². The van der Waals surface area contributed by atoms with Crippen LogP contribution in [0.1, 0.15) is 16.8 Å². The minimum Gasteiger partial charge on any atom is -0.380 e. The van der Waals surface area contributed by atoms with E-state index in [2.05, 4.69) is 10.0 Å². The lowest BCUT2D eigenvalue weighted by molar-refractivity contribution is 0.0956. The van der Waals surface area contributed by atoms with Gasteiger partial charge in [0.05, 0.1) is 17.3 Å². The minimum atomic E-state index is -3.75. The van der Waals surface area contributed by atoms with E-state index in [9.17, 15) is 21.6 Å². The maximum atomic E-state index is 12.3. The molecule has 10 heteroatoms. The highest BCUT2D eigenvalue weighted by atomic mass is 32.2. The van der Waals surface area contributed by atoms with Crippen LogP contribution < -0.4 is 10.0 Å². The van der Waals surface area contributed by atoms with E-state index in [1.54, 1.807) is 0 Å². The second kappa shape index (κ2) is 7.60. The fourth-order valence-electron chi connectivity index (χ4n) is 2.17. The summed E-state index contributed by atoms with van der Waals surface area (Å²) in [5.41, 5.74) is 0.147. The predicted octanol–water partition coefficient (Wildman–Crippen LogP) is -0.472. The molecule has 1 fully saturated rings. The molecule has 1 atom stereocenters. The number of sulfone groups is 1. The molecule has 0 spiro atoms. The fourth-order valence-corrected chi connectivity index (χ4v) is 3.94. The third kappa shape index (κ3) is 5.55. The van der Waals surface area contributed by atoms with E-state index in [1.807, 2.05) is 0 Å². The van der Waals surface area contributed by atoms with Crippen LogP contribution in [0.4, 0.5) is 0 Å². The van der Waals surface area contributed by atoms with Crippen molar-refractivity contribution in [1.29, 1.82) is 0 Å². The summed E-state index contributed by atoms with van der Waals surface area (Å²) >= 11 is 0. The van der Waals surface area contributed by atoms with Crippen LogP contribution in [0.2, 0.25) is 0 Å². The van der Waals surface area contributed by atoms with Crippen molar-refractivity contribution in [3.8, 4) is 0 Å². The first kappa shape index (κ1) is 18.8. The molecule has 24 heavy (non-hydrogen) atoms. The van der Waals surface area contributed by atoms with Crippen molar-refractivity contribution in [2.75, 3.05) is 31.8 Å². The number of amides is 1. The van der Waals surface area contributed by atoms with Gasteiger partial charge in [-0.25, -0.2) is 21.6 Å². The Hall–Kier alpha value is -1.49. The van der Waals surface area contributed by atoms with Gasteiger partial charge in [0.2, 0.25) is 10.0 Å². The monoisotopic (exact) mass is 376 g/mol. The van der Waals surface area contributed by atoms with Gasteiger partial charge < -0.3 is 10.1 Å². The smallest absolute Gasteiger partial charge is 0.251 e. The number of nitrogens with one attached hydrogen (secondary N) is 2. The van der Waals surface area contributed by atoms with Crippen molar-refractivity contribution in [3.05, 3.63) is 29.8 Å². The number of sulfonamides is 1. The summed E-state index contributed by atoms with van der Waals surface area (Å²) in [6, 6.07) is 5.31. The first-order valence-electron chi connectivity index (χ1n) is 7.33. The Balaban J connectivity index is 2.05. The Kier molecular flexibility index (Phi) is 5.97. The molecule has 0 radical (unpaired) electrons. The summed E-state index contributed by atoms with van der Waals surface area (Å²) in [5, 5.41) is 2.45. The molecule has 0 aromatic heterocycles. The summed E-state index contributed by atoms with van der Waals surface area (Å²) in [6.45, 7) is 0.799. The topological polar surface area (TPSA) is 119 Å². The molecule has 0 unspecified atom stereocenters. The first-order valence-corrected chi connectivity index (χ1v) is 10.9. The van der Waals surface area contributed by atoms with Gasteiger partial charge in [-0.05, 0) is 24.6 Å². The van der Waals surface area contributed by atoms with E-state index in [4.69, 9.17) is 4.74 Å². The van der Waals surface area contributed by atoms with E-state index in [-0.39, 0.29) is 28.8 Å². The Morgan fingerprint density at radius 3 is 2.67 bits per heavy atom. The van der Waals surface area contributed by atoms with Gasteiger partial charge in [0.15, 0.2) is 0 Å². The fraction of sp³-hybridized carbons (Fsp3) is 0.500. The second-order valence-corrected chi connectivity index (χ2v) is 9.57. The molecule has 1 aliphatic heterocycles. The van der Waals surface area contributed by atoms with Crippen LogP contribution in [0.15, 0.2) is 29.2 Å². The zero-order chi connectivity index (χ0) is 17.8. The van der Waals surface area contributed by atoms with Crippen molar-refractivity contribution in [2.45, 2.75) is 17.4 Å². The van der Waals surface area contributed by atoms with Crippen molar-refractivity contribution in [1.82, 2.24) is 10.0 Å². The van der Waals surface area contributed by atoms with Crippen LogP contribution in [-0.4, -0.2) is 60.6 Å². The summed E-state index contributed by atoms with van der Waals surface area (Å²) in [4.78, 5) is 12.0. The molecule has 1 saturated heterocycles. The molecular weight excluding hydrogens is 356 g/mol. The number of hydrogen-bond acceptors (Lipinski definition) is 6. The zero-order valence-electron chi connectivity index (χ0n) is 13.2. The third-order valence-electron chi connectivity index (χ3n) is 3.42. The minimum absolute atomic E-state index is 0.0230. The molecule has 1 amide bonds. The number of ether oxygens (including phenoxy) is 1. The molecule has 0 bridgehead atoms. The molecule has 1 aromatic rings. The average Bonchev–Trinajstić information content (AvgIpc) is 2.98. The quantitative estimate of drug-likeness (QED) is 0.664. The Bertz CT molecular complexity index is 798. The maximum absolute atomic E-state index is 12.3. The van der Waals surface area contributed by atoms with Crippen LogP contribution in [0.5, 0.6) is 0 Å². The van der Waals surface area contributed by atoms with E-state index in [1.165, 1.54) is 24.3 Å². The molecule has 1 aliphatic rings. The molecule has 0 saturated carbocycles. The highest BCUT2D eigenvalue weighted by Crippen LogP contribution is 2.14. The lowest BCUT2D eigenvalue weighted by Gasteiger charge is -2.12. The van der Waals surface area contributed by atoms with Crippen LogP contribution in [-0.2, 0) is 24.6 Å². The summed E-state index contributed by atoms with van der Waals surface area (Å²) in [5.74, 6) is -0.708. The van der Waals surface area contributed by atoms with Gasteiger partial charge in [-0.15, -0.1) is 0 Å². The van der Waals surface area contributed by atoms with E-state index in [0.717, 1.165) is 6.26 Å². The molecule has 0 aliphatic carbocycles. The lowest BCUT2D eigenvalue weighted by Crippen LogP contribution is -2.35. The van der Waals surface area contributed by atoms with Crippen molar-refractivity contribution in [2.24, 2.45) is 0 Å². The molecule has 134 valence electrons. The predicted molar refractivity (Wildman–Crippen MR) is 88.0 cm³/mol. The summed E-state index contributed by atoms with van der Waals surface area (Å²) in [6.07, 6.45) is 1.68. The summed E-state index contributed by atoms with van der Waals surface area (Å²) < 4.78 is 54.4. The van der Waals surface area contributed by atoms with Crippen LogP contribution in [0.3, 0.4) is 0 Å². The first-order chi connectivity index (χ1) is 11.2. The van der Waals surface area contributed by atoms with Gasteiger partial charge in [-0.1, -0.05) is 6.07 Å². The highest BCUT2D eigenvalue weighted by Gasteiger charge is 2.24. The zero-order valence-corrected chi connectivity index (χ0v) is 14.8. The van der Waals surface area contributed by atoms with Crippen molar-refractivity contribution < 1.29 is 26.4 Å². The largest absolute Gasteiger partial charge is 0.380 e. The molecule has 1 aromatic carbocycles. The molecular formula is C14H20N2O6S2. The lowest BCUT2D eigenvalue weighted by atomic mass is 10.2. The van der Waals surface area contributed by atoms with Gasteiger partial charge >= 0.3 is 0 Å². The van der Waals surface area contributed by atoms with Crippen molar-refractivity contribution in [3.63, 3.8) is 0 Å². The van der Waals surface area contributed by atoms with E-state index < -0.39 is 25.8 Å². The normalized spacial score (nSPS) is 18.5. The Morgan fingerprint density at radius 2 is 2.04 bits per heavy atom. The standard InChI is InChI=1S/C14H20N2O6S2/c1-23(18,19)8-6-15-14(17)11-3-2-4-13(9-11)24(20,21)16-12-5-7-22-10-12/h2-4,9,12,16H,5-8,10H2,1H3,(H,15,17)/t12-/m1/s1. The van der Waals surface area contributed by atoms with Crippen LogP contribution in [0.25, 0.3) is 0 Å². The highest BCUT2D eigenvalue weighted by molar-refractivity contribution is 7.90. The van der Waals surface area contributed by atoms with Gasteiger partial charge in [-0.3, -0.25) is 4.79 Å². The average molecular weight is 376 g/mol. The van der Waals surface area contributed by atoms with Gasteiger partial charge in [-0.2, -0.15) is 0 Å². The maximum Gasteiger partial charge on any atom is 0.251 e. The number of benzene rings is 1.